The van der Waals surface area contributed by atoms with E-state index in [0.717, 1.165) is 21.2 Å². The highest BCUT2D eigenvalue weighted by Crippen LogP contribution is 2.33. The topological polar surface area (TPSA) is 35.2 Å². The lowest BCUT2D eigenvalue weighted by Crippen LogP contribution is -2.13. The fourth-order valence-electron chi connectivity index (χ4n) is 1.95. The first kappa shape index (κ1) is 15.5. The van der Waals surface area contributed by atoms with Gasteiger partial charge in [-0.25, -0.2) is 4.39 Å². The highest BCUT2D eigenvalue weighted by atomic mass is 79.9. The lowest BCUT2D eigenvalue weighted by Gasteiger charge is -2.17. The summed E-state index contributed by atoms with van der Waals surface area (Å²) in [5.41, 5.74) is 9.08. The zero-order valence-electron chi connectivity index (χ0n) is 11.1. The highest BCUT2D eigenvalue weighted by Gasteiger charge is 2.17. The summed E-state index contributed by atoms with van der Waals surface area (Å²) in [6, 6.07) is 8.52. The minimum atomic E-state index is -0.390. The van der Waals surface area contributed by atoms with Crippen molar-refractivity contribution in [3.63, 3.8) is 0 Å². The molecule has 0 heterocycles. The normalized spacial score (nSPS) is 12.3. The minimum absolute atomic E-state index is 0.370. The molecule has 0 spiro atoms. The maximum atomic E-state index is 13.6. The Morgan fingerprint density at radius 2 is 1.85 bits per heavy atom. The molecule has 0 amide bonds. The van der Waals surface area contributed by atoms with Crippen molar-refractivity contribution in [2.75, 3.05) is 7.11 Å². The number of rotatable bonds is 3. The van der Waals surface area contributed by atoms with E-state index in [9.17, 15) is 4.39 Å². The second kappa shape index (κ2) is 6.24. The predicted octanol–water partition coefficient (Wildman–Crippen LogP) is 4.72. The molecule has 106 valence electrons. The van der Waals surface area contributed by atoms with Crippen molar-refractivity contribution in [3.05, 3.63) is 61.8 Å². The first-order valence-electron chi connectivity index (χ1n) is 5.98. The van der Waals surface area contributed by atoms with Gasteiger partial charge in [0.05, 0.1) is 17.6 Å². The molecule has 2 aromatic rings. The molecule has 0 aliphatic rings. The molecule has 2 rings (SSSR count). The zero-order chi connectivity index (χ0) is 14.9. The smallest absolute Gasteiger partial charge is 0.141 e. The van der Waals surface area contributed by atoms with Crippen LogP contribution in [0.5, 0.6) is 5.75 Å². The third-order valence-corrected chi connectivity index (χ3v) is 4.62. The summed E-state index contributed by atoms with van der Waals surface area (Å²) in [5, 5.41) is 0. The van der Waals surface area contributed by atoms with Crippen molar-refractivity contribution < 1.29 is 9.13 Å². The van der Waals surface area contributed by atoms with E-state index in [2.05, 4.69) is 31.9 Å². The molecule has 0 saturated carbocycles. The maximum absolute atomic E-state index is 13.6. The molecule has 0 fully saturated rings. The van der Waals surface area contributed by atoms with E-state index in [0.29, 0.717) is 10.2 Å². The number of nitrogens with two attached hydrogens (primary N) is 1. The van der Waals surface area contributed by atoms with Crippen LogP contribution in [0.3, 0.4) is 0 Å². The average Bonchev–Trinajstić information content (AvgIpc) is 2.43. The minimum Gasteiger partial charge on any atom is -0.496 e. The fraction of sp³-hybridized carbons (Fsp3) is 0.200. The summed E-state index contributed by atoms with van der Waals surface area (Å²) in [4.78, 5) is 0. The number of halogens is 3. The lowest BCUT2D eigenvalue weighted by atomic mass is 9.98. The van der Waals surface area contributed by atoms with Gasteiger partial charge in [0, 0.05) is 16.1 Å². The molecule has 2 aromatic carbocycles. The summed E-state index contributed by atoms with van der Waals surface area (Å²) < 4.78 is 20.1. The number of methoxy groups -OCH3 is 1. The van der Waals surface area contributed by atoms with Crippen LogP contribution in [0.4, 0.5) is 4.39 Å². The Bertz CT molecular complexity index is 646. The van der Waals surface area contributed by atoms with E-state index >= 15 is 0 Å². The van der Waals surface area contributed by atoms with E-state index in [1.807, 2.05) is 25.1 Å². The van der Waals surface area contributed by atoms with Crippen LogP contribution < -0.4 is 10.5 Å². The molecule has 0 aliphatic heterocycles. The van der Waals surface area contributed by atoms with Gasteiger partial charge in [0.2, 0.25) is 0 Å². The van der Waals surface area contributed by atoms with E-state index in [1.54, 1.807) is 6.07 Å². The Morgan fingerprint density at radius 1 is 1.15 bits per heavy atom. The van der Waals surface area contributed by atoms with Gasteiger partial charge in [-0.3, -0.25) is 0 Å². The van der Waals surface area contributed by atoms with Gasteiger partial charge in [0.15, 0.2) is 0 Å². The summed E-state index contributed by atoms with van der Waals surface area (Å²) in [6.45, 7) is 2.01. The molecule has 0 aliphatic carbocycles. The van der Waals surface area contributed by atoms with E-state index in [4.69, 9.17) is 10.5 Å². The monoisotopic (exact) mass is 401 g/mol. The van der Waals surface area contributed by atoms with Crippen LogP contribution >= 0.6 is 31.9 Å². The summed E-state index contributed by atoms with van der Waals surface area (Å²) in [6.07, 6.45) is 0. The van der Waals surface area contributed by atoms with Gasteiger partial charge in [-0.1, -0.05) is 28.1 Å². The molecule has 0 aromatic heterocycles. The van der Waals surface area contributed by atoms with Gasteiger partial charge >= 0.3 is 0 Å². The van der Waals surface area contributed by atoms with Crippen molar-refractivity contribution in [2.24, 2.45) is 5.73 Å². The molecule has 0 saturated heterocycles. The van der Waals surface area contributed by atoms with Crippen LogP contribution in [0.15, 0.2) is 39.3 Å². The molecule has 5 heteroatoms. The van der Waals surface area contributed by atoms with Gasteiger partial charge < -0.3 is 10.5 Å². The summed E-state index contributed by atoms with van der Waals surface area (Å²) >= 11 is 6.67. The molecular formula is C15H14Br2FNO. The molecule has 0 radical (unpaired) electrons. The van der Waals surface area contributed by atoms with Crippen LogP contribution in [-0.4, -0.2) is 7.11 Å². The standard InChI is InChI=1S/C15H14Br2FNO/c1-8-3-4-9(5-11(8)16)15(19)10-6-12(17)13(18)7-14(10)20-2/h3-7,15H,19H2,1-2H3. The van der Waals surface area contributed by atoms with Crippen LogP contribution in [0, 0.1) is 12.7 Å². The van der Waals surface area contributed by atoms with Crippen molar-refractivity contribution in [1.82, 2.24) is 0 Å². The molecule has 2 N–H and O–H groups in total. The van der Waals surface area contributed by atoms with Gasteiger partial charge in [-0.05, 0) is 46.1 Å². The molecule has 2 nitrogen and oxygen atoms in total. The van der Waals surface area contributed by atoms with Crippen LogP contribution in [0.2, 0.25) is 0 Å². The zero-order valence-corrected chi connectivity index (χ0v) is 14.3. The Kier molecular flexibility index (Phi) is 4.83. The average molecular weight is 403 g/mol. The van der Waals surface area contributed by atoms with Crippen molar-refractivity contribution >= 4 is 31.9 Å². The summed E-state index contributed by atoms with van der Waals surface area (Å²) in [5.74, 6) is 0.0674. The number of aryl methyl sites for hydroxylation is 1. The quantitative estimate of drug-likeness (QED) is 0.806. The fourth-order valence-corrected chi connectivity index (χ4v) is 2.70. The van der Waals surface area contributed by atoms with Crippen LogP contribution in [-0.2, 0) is 0 Å². The molecule has 1 atom stereocenters. The van der Waals surface area contributed by atoms with Gasteiger partial charge in [-0.15, -0.1) is 0 Å². The van der Waals surface area contributed by atoms with E-state index < -0.39 is 6.04 Å². The number of ether oxygens (including phenoxy) is 1. The van der Waals surface area contributed by atoms with Crippen molar-refractivity contribution in [3.8, 4) is 5.75 Å². The first-order chi connectivity index (χ1) is 9.43. The van der Waals surface area contributed by atoms with Gasteiger partial charge in [-0.2, -0.15) is 0 Å². The Labute approximate surface area is 134 Å². The largest absolute Gasteiger partial charge is 0.496 e. The third-order valence-electron chi connectivity index (χ3n) is 3.16. The Hall–Kier alpha value is -0.910. The molecule has 20 heavy (non-hydrogen) atoms. The second-order valence-electron chi connectivity index (χ2n) is 4.49. The van der Waals surface area contributed by atoms with Gasteiger partial charge in [0.25, 0.3) is 0 Å². The predicted molar refractivity (Wildman–Crippen MR) is 85.6 cm³/mol. The molecular weight excluding hydrogens is 389 g/mol. The first-order valence-corrected chi connectivity index (χ1v) is 7.57. The number of benzene rings is 2. The van der Waals surface area contributed by atoms with Crippen LogP contribution in [0.1, 0.15) is 22.7 Å². The van der Waals surface area contributed by atoms with Crippen molar-refractivity contribution in [1.29, 1.82) is 0 Å². The van der Waals surface area contributed by atoms with Crippen molar-refractivity contribution in [2.45, 2.75) is 13.0 Å². The van der Waals surface area contributed by atoms with Crippen LogP contribution in [0.25, 0.3) is 0 Å². The second-order valence-corrected chi connectivity index (χ2v) is 6.20. The number of hydrogen-bond donors (Lipinski definition) is 1. The lowest BCUT2D eigenvalue weighted by molar-refractivity contribution is 0.404. The SMILES string of the molecule is COc1cc(F)c(Br)cc1C(N)c1ccc(C)c(Br)c1. The third kappa shape index (κ3) is 3.05. The Balaban J connectivity index is 2.49. The maximum Gasteiger partial charge on any atom is 0.141 e. The molecule has 0 bridgehead atoms. The highest BCUT2D eigenvalue weighted by molar-refractivity contribution is 9.10. The summed E-state index contributed by atoms with van der Waals surface area (Å²) in [7, 11) is 1.50. The molecule has 1 unspecified atom stereocenters. The van der Waals surface area contributed by atoms with E-state index in [-0.39, 0.29) is 5.82 Å². The Morgan fingerprint density at radius 3 is 2.45 bits per heavy atom. The number of hydrogen-bond acceptors (Lipinski definition) is 2. The van der Waals surface area contributed by atoms with Gasteiger partial charge in [0.1, 0.15) is 11.6 Å². The van der Waals surface area contributed by atoms with E-state index in [1.165, 1.54) is 13.2 Å².